The number of aromatic nitrogens is 6. The molecule has 1 fully saturated rings. The van der Waals surface area contributed by atoms with Crippen LogP contribution >= 0.6 is 0 Å². The van der Waals surface area contributed by atoms with Crippen molar-refractivity contribution in [2.45, 2.75) is 26.8 Å². The van der Waals surface area contributed by atoms with Crippen LogP contribution in [0.3, 0.4) is 0 Å². The van der Waals surface area contributed by atoms with Crippen LogP contribution in [0.5, 0.6) is 5.75 Å². The number of Topliss-reactive ketones (excluding diaryl/α,β-unsaturated/α-hetero) is 1. The number of aryl methyl sites for hydroxylation is 1. The summed E-state index contributed by atoms with van der Waals surface area (Å²) in [4.78, 5) is 21.6. The number of nitrogens with one attached hydrogen (secondary N) is 2. The summed E-state index contributed by atoms with van der Waals surface area (Å²) in [5, 5.41) is 15.6. The van der Waals surface area contributed by atoms with Crippen LogP contribution in [0.25, 0.3) is 11.4 Å². The Morgan fingerprint density at radius 3 is 2.65 bits per heavy atom. The van der Waals surface area contributed by atoms with E-state index in [0.717, 1.165) is 25.3 Å². The number of ether oxygens (including phenoxy) is 2. The van der Waals surface area contributed by atoms with Gasteiger partial charge >= 0.3 is 0 Å². The zero-order valence-electron chi connectivity index (χ0n) is 21.4. The van der Waals surface area contributed by atoms with Gasteiger partial charge in [-0.3, -0.25) is 14.2 Å². The molecule has 0 atom stereocenters. The fraction of sp³-hybridized carbons (Fsp3) is 0.346. The number of carbonyl (C=O) groups is 1. The summed E-state index contributed by atoms with van der Waals surface area (Å²) in [6.07, 6.45) is 5.50. The third-order valence-electron chi connectivity index (χ3n) is 6.20. The van der Waals surface area contributed by atoms with E-state index in [9.17, 15) is 4.79 Å². The molecule has 0 unspecified atom stereocenters. The predicted molar refractivity (Wildman–Crippen MR) is 140 cm³/mol. The van der Waals surface area contributed by atoms with Crippen LogP contribution < -0.4 is 15.4 Å². The summed E-state index contributed by atoms with van der Waals surface area (Å²) in [7, 11) is 3.40. The quantitative estimate of drug-likeness (QED) is 0.307. The number of nitrogens with zero attached hydrogens (tertiary/aromatic N) is 6. The van der Waals surface area contributed by atoms with Crippen LogP contribution in [-0.4, -0.2) is 55.6 Å². The smallest absolute Gasteiger partial charge is 0.184 e. The summed E-state index contributed by atoms with van der Waals surface area (Å²) < 4.78 is 14.6. The first kappa shape index (κ1) is 24.4. The molecule has 1 aliphatic heterocycles. The fourth-order valence-electron chi connectivity index (χ4n) is 4.26. The molecule has 0 spiro atoms. The second-order valence-corrected chi connectivity index (χ2v) is 9.47. The monoisotopic (exact) mass is 502 g/mol. The van der Waals surface area contributed by atoms with E-state index in [4.69, 9.17) is 9.47 Å². The van der Waals surface area contributed by atoms with Gasteiger partial charge in [0.05, 0.1) is 49.4 Å². The maximum absolute atomic E-state index is 12.7. The number of rotatable bonds is 10. The molecule has 1 aromatic carbocycles. The molecule has 0 aliphatic carbocycles. The SMILES string of the molecule is CCC(=O)c1cnc(Nc2ccn(CC3(C)COC3)n2)cc1Nc1cccc(-c2ncn(C)n2)c1OC. The summed E-state index contributed by atoms with van der Waals surface area (Å²) in [6, 6.07) is 9.36. The number of hydrogen-bond acceptors (Lipinski definition) is 9. The average molecular weight is 503 g/mol. The van der Waals surface area contributed by atoms with E-state index < -0.39 is 0 Å². The number of hydrogen-bond donors (Lipinski definition) is 2. The fourth-order valence-corrected chi connectivity index (χ4v) is 4.26. The second-order valence-electron chi connectivity index (χ2n) is 9.47. The number of ketones is 1. The molecule has 0 amide bonds. The summed E-state index contributed by atoms with van der Waals surface area (Å²) in [5.41, 5.74) is 2.61. The molecule has 1 aliphatic rings. The Kier molecular flexibility index (Phi) is 6.62. The minimum Gasteiger partial charge on any atom is -0.494 e. The highest BCUT2D eigenvalue weighted by molar-refractivity contribution is 6.02. The first-order valence-electron chi connectivity index (χ1n) is 12.1. The second kappa shape index (κ2) is 10.0. The minimum atomic E-state index is -0.0247. The Morgan fingerprint density at radius 1 is 1.14 bits per heavy atom. The van der Waals surface area contributed by atoms with Gasteiger partial charge in [-0.1, -0.05) is 19.9 Å². The van der Waals surface area contributed by atoms with Gasteiger partial charge in [0.25, 0.3) is 0 Å². The van der Waals surface area contributed by atoms with Crippen LogP contribution in [0.4, 0.5) is 23.0 Å². The van der Waals surface area contributed by atoms with E-state index in [0.29, 0.717) is 46.6 Å². The predicted octanol–water partition coefficient (Wildman–Crippen LogP) is 4.20. The number of anilines is 4. The van der Waals surface area contributed by atoms with Crippen molar-refractivity contribution in [1.29, 1.82) is 0 Å². The van der Waals surface area contributed by atoms with E-state index in [1.165, 1.54) is 0 Å². The summed E-state index contributed by atoms with van der Waals surface area (Å²) >= 11 is 0. The van der Waals surface area contributed by atoms with Gasteiger partial charge in [-0.15, -0.1) is 0 Å². The molecule has 3 aromatic heterocycles. The van der Waals surface area contributed by atoms with Crippen molar-refractivity contribution in [2.75, 3.05) is 31.0 Å². The number of para-hydroxylation sites is 1. The topological polar surface area (TPSA) is 121 Å². The van der Waals surface area contributed by atoms with Crippen molar-refractivity contribution in [2.24, 2.45) is 12.5 Å². The molecule has 37 heavy (non-hydrogen) atoms. The highest BCUT2D eigenvalue weighted by Crippen LogP contribution is 2.37. The average Bonchev–Trinajstić information content (AvgIpc) is 3.51. The van der Waals surface area contributed by atoms with Crippen molar-refractivity contribution in [3.05, 3.63) is 54.6 Å². The van der Waals surface area contributed by atoms with E-state index in [1.807, 2.05) is 49.1 Å². The Bertz CT molecular complexity index is 1420. The highest BCUT2D eigenvalue weighted by atomic mass is 16.5. The van der Waals surface area contributed by atoms with Gasteiger partial charge in [-0.2, -0.15) is 10.2 Å². The van der Waals surface area contributed by atoms with Gasteiger partial charge in [-0.25, -0.2) is 9.97 Å². The van der Waals surface area contributed by atoms with Gasteiger partial charge in [0.2, 0.25) is 0 Å². The molecule has 11 nitrogen and oxygen atoms in total. The van der Waals surface area contributed by atoms with Gasteiger partial charge in [0, 0.05) is 43.4 Å². The summed E-state index contributed by atoms with van der Waals surface area (Å²) in [5.74, 6) is 2.31. The molecule has 11 heteroatoms. The standard InChI is InChI=1S/C26H30N8O3/c1-5-21(35)18-12-27-23(30-22-9-10-34(31-22)13-26(2)14-37-15-26)11-20(18)29-19-8-6-7-17(24(19)36-4)25-28-16-33(3)32-25/h6-12,16H,5,13-15H2,1-4H3,(H2,27,29,30,31). The van der Waals surface area contributed by atoms with Gasteiger partial charge in [0.1, 0.15) is 12.1 Å². The first-order chi connectivity index (χ1) is 17.9. The van der Waals surface area contributed by atoms with Crippen LogP contribution in [0.1, 0.15) is 30.6 Å². The molecular formula is C26H30N8O3. The van der Waals surface area contributed by atoms with Crippen LogP contribution in [0.15, 0.2) is 49.1 Å². The third-order valence-corrected chi connectivity index (χ3v) is 6.20. The highest BCUT2D eigenvalue weighted by Gasteiger charge is 2.34. The Labute approximate surface area is 214 Å². The van der Waals surface area contributed by atoms with Crippen molar-refractivity contribution in [3.63, 3.8) is 0 Å². The van der Waals surface area contributed by atoms with Gasteiger partial charge < -0.3 is 20.1 Å². The molecule has 2 N–H and O–H groups in total. The van der Waals surface area contributed by atoms with Gasteiger partial charge in [-0.05, 0) is 12.1 Å². The maximum Gasteiger partial charge on any atom is 0.184 e. The molecule has 0 radical (unpaired) electrons. The van der Waals surface area contributed by atoms with E-state index >= 15 is 0 Å². The van der Waals surface area contributed by atoms with Crippen molar-refractivity contribution in [1.82, 2.24) is 29.5 Å². The van der Waals surface area contributed by atoms with E-state index in [1.54, 1.807) is 30.4 Å². The molecule has 1 saturated heterocycles. The number of carbonyl (C=O) groups excluding carboxylic acids is 1. The zero-order valence-corrected chi connectivity index (χ0v) is 21.4. The lowest BCUT2D eigenvalue weighted by atomic mass is 9.89. The van der Waals surface area contributed by atoms with Crippen LogP contribution in [0, 0.1) is 5.41 Å². The van der Waals surface area contributed by atoms with E-state index in [2.05, 4.69) is 37.7 Å². The third kappa shape index (κ3) is 5.17. The zero-order chi connectivity index (χ0) is 26.0. The molecular weight excluding hydrogens is 472 g/mol. The lowest BCUT2D eigenvalue weighted by Gasteiger charge is -2.37. The van der Waals surface area contributed by atoms with Crippen molar-refractivity contribution in [3.8, 4) is 17.1 Å². The normalized spacial score (nSPS) is 14.2. The lowest BCUT2D eigenvalue weighted by Crippen LogP contribution is -2.43. The Hall–Kier alpha value is -4.25. The van der Waals surface area contributed by atoms with Crippen LogP contribution in [-0.2, 0) is 18.3 Å². The molecule has 4 heterocycles. The van der Waals surface area contributed by atoms with E-state index in [-0.39, 0.29) is 11.2 Å². The maximum atomic E-state index is 12.7. The van der Waals surface area contributed by atoms with Crippen molar-refractivity contribution < 1.29 is 14.3 Å². The lowest BCUT2D eigenvalue weighted by molar-refractivity contribution is -0.111. The molecule has 0 saturated carbocycles. The van der Waals surface area contributed by atoms with Gasteiger partial charge in [0.15, 0.2) is 23.2 Å². The molecule has 4 aromatic rings. The molecule has 192 valence electrons. The Morgan fingerprint density at radius 2 is 1.97 bits per heavy atom. The van der Waals surface area contributed by atoms with Crippen molar-refractivity contribution >= 4 is 28.8 Å². The molecule has 0 bridgehead atoms. The first-order valence-corrected chi connectivity index (χ1v) is 12.1. The molecule has 5 rings (SSSR count). The summed E-state index contributed by atoms with van der Waals surface area (Å²) in [6.45, 7) is 6.26. The number of benzene rings is 1. The number of methoxy groups -OCH3 is 1. The minimum absolute atomic E-state index is 0.0247. The Balaban J connectivity index is 1.43. The number of pyridine rings is 1. The van der Waals surface area contributed by atoms with Crippen LogP contribution in [0.2, 0.25) is 0 Å². The largest absolute Gasteiger partial charge is 0.494 e.